The van der Waals surface area contributed by atoms with Gasteiger partial charge in [-0.1, -0.05) is 6.07 Å². The Bertz CT molecular complexity index is 391. The van der Waals surface area contributed by atoms with Crippen LogP contribution in [0.4, 0.5) is 4.39 Å². The van der Waals surface area contributed by atoms with Crippen LogP contribution in [0.1, 0.15) is 31.9 Å². The molecule has 0 radical (unpaired) electrons. The first-order chi connectivity index (χ1) is 6.81. The van der Waals surface area contributed by atoms with Crippen LogP contribution in [0.15, 0.2) is 21.6 Å². The summed E-state index contributed by atoms with van der Waals surface area (Å²) in [5.74, 6) is -0.247. The molecule has 0 unspecified atom stereocenters. The molecule has 1 aromatic rings. The van der Waals surface area contributed by atoms with E-state index in [0.29, 0.717) is 10.0 Å². The van der Waals surface area contributed by atoms with Gasteiger partial charge in [0.2, 0.25) is 0 Å². The van der Waals surface area contributed by atoms with Gasteiger partial charge in [-0.25, -0.2) is 4.39 Å². The maximum Gasteiger partial charge on any atom is 0.146 e. The van der Waals surface area contributed by atoms with Crippen LogP contribution in [-0.2, 0) is 0 Å². The lowest BCUT2D eigenvalue weighted by atomic mass is 10.1. The first kappa shape index (κ1) is 12.4. The van der Waals surface area contributed by atoms with E-state index in [1.165, 1.54) is 0 Å². The summed E-state index contributed by atoms with van der Waals surface area (Å²) < 4.78 is 14.2. The molecule has 3 heteroatoms. The number of rotatable bonds is 1. The van der Waals surface area contributed by atoms with Crippen molar-refractivity contribution in [3.05, 3.63) is 33.5 Å². The van der Waals surface area contributed by atoms with E-state index in [1.807, 2.05) is 33.8 Å². The summed E-state index contributed by atoms with van der Waals surface area (Å²) in [5, 5.41) is 0. The number of hydrogen-bond donors (Lipinski definition) is 0. The summed E-state index contributed by atoms with van der Waals surface area (Å²) in [7, 11) is 0. The molecule has 0 fully saturated rings. The topological polar surface area (TPSA) is 12.4 Å². The van der Waals surface area contributed by atoms with Crippen molar-refractivity contribution in [3.8, 4) is 0 Å². The van der Waals surface area contributed by atoms with Gasteiger partial charge in [0.25, 0.3) is 0 Å². The molecule has 0 aliphatic rings. The smallest absolute Gasteiger partial charge is 0.146 e. The Balaban J connectivity index is 3.15. The van der Waals surface area contributed by atoms with Crippen molar-refractivity contribution >= 4 is 22.1 Å². The van der Waals surface area contributed by atoms with E-state index in [9.17, 15) is 4.39 Å². The molecule has 0 bridgehead atoms. The molecule has 0 aromatic heterocycles. The summed E-state index contributed by atoms with van der Waals surface area (Å²) >= 11 is 3.16. The SMILES string of the molecule is Cc1ccc(Br)c(F)c1C=NC(C)(C)C. The number of aliphatic imine (C=N–C) groups is 1. The monoisotopic (exact) mass is 271 g/mol. The Morgan fingerprint density at radius 1 is 1.33 bits per heavy atom. The predicted molar refractivity (Wildman–Crippen MR) is 66.2 cm³/mol. The standard InChI is InChI=1S/C12H15BrFN/c1-8-5-6-10(13)11(14)9(8)7-15-12(2,3)4/h5-7H,1-4H3. The van der Waals surface area contributed by atoms with Crippen molar-refractivity contribution < 1.29 is 4.39 Å². The zero-order valence-corrected chi connectivity index (χ0v) is 11.0. The molecular weight excluding hydrogens is 257 g/mol. The summed E-state index contributed by atoms with van der Waals surface area (Å²) in [5.41, 5.74) is 1.27. The molecule has 0 saturated carbocycles. The van der Waals surface area contributed by atoms with Crippen molar-refractivity contribution in [2.24, 2.45) is 4.99 Å². The van der Waals surface area contributed by atoms with E-state index in [1.54, 1.807) is 12.3 Å². The molecule has 1 nitrogen and oxygen atoms in total. The summed E-state index contributed by atoms with van der Waals surface area (Å²) in [6.07, 6.45) is 1.61. The first-order valence-electron chi connectivity index (χ1n) is 4.81. The molecule has 82 valence electrons. The van der Waals surface area contributed by atoms with Crippen LogP contribution in [0.25, 0.3) is 0 Å². The molecule has 0 heterocycles. The molecule has 0 saturated heterocycles. The van der Waals surface area contributed by atoms with Gasteiger partial charge >= 0.3 is 0 Å². The molecule has 1 aromatic carbocycles. The molecular formula is C12H15BrFN. The lowest BCUT2D eigenvalue weighted by molar-refractivity contribution is 0.584. The largest absolute Gasteiger partial charge is 0.287 e. The van der Waals surface area contributed by atoms with Crippen molar-refractivity contribution in [1.29, 1.82) is 0 Å². The minimum Gasteiger partial charge on any atom is -0.287 e. The predicted octanol–water partition coefficient (Wildman–Crippen LogP) is 4.11. The fourth-order valence-corrected chi connectivity index (χ4v) is 1.43. The van der Waals surface area contributed by atoms with E-state index in [4.69, 9.17) is 0 Å². The lowest BCUT2D eigenvalue weighted by Crippen LogP contribution is -2.10. The second kappa shape index (κ2) is 4.44. The number of nitrogens with zero attached hydrogens (tertiary/aromatic N) is 1. The van der Waals surface area contributed by atoms with Gasteiger partial charge in [-0.2, -0.15) is 0 Å². The zero-order valence-electron chi connectivity index (χ0n) is 9.44. The highest BCUT2D eigenvalue weighted by molar-refractivity contribution is 9.10. The molecule has 0 amide bonds. The minimum atomic E-state index is -0.247. The van der Waals surface area contributed by atoms with Crippen molar-refractivity contribution in [2.45, 2.75) is 33.2 Å². The summed E-state index contributed by atoms with van der Waals surface area (Å²) in [6.45, 7) is 7.82. The second-order valence-electron chi connectivity index (χ2n) is 4.52. The van der Waals surface area contributed by atoms with Crippen LogP contribution in [-0.4, -0.2) is 11.8 Å². The molecule has 0 spiro atoms. The van der Waals surface area contributed by atoms with Gasteiger partial charge < -0.3 is 0 Å². The molecule has 1 rings (SSSR count). The van der Waals surface area contributed by atoms with Crippen LogP contribution < -0.4 is 0 Å². The third kappa shape index (κ3) is 3.42. The number of benzene rings is 1. The van der Waals surface area contributed by atoms with Gasteiger partial charge in [-0.05, 0) is 55.3 Å². The van der Waals surface area contributed by atoms with E-state index in [-0.39, 0.29) is 11.4 Å². The van der Waals surface area contributed by atoms with Gasteiger partial charge in [-0.3, -0.25) is 4.99 Å². The van der Waals surface area contributed by atoms with Crippen LogP contribution in [0.3, 0.4) is 0 Å². The lowest BCUT2D eigenvalue weighted by Gasteiger charge is -2.12. The van der Waals surface area contributed by atoms with Gasteiger partial charge in [0.05, 0.1) is 10.0 Å². The Kier molecular flexibility index (Phi) is 3.66. The molecule has 0 N–H and O–H groups in total. The number of halogens is 2. The average molecular weight is 272 g/mol. The van der Waals surface area contributed by atoms with Crippen molar-refractivity contribution in [3.63, 3.8) is 0 Å². The fourth-order valence-electron chi connectivity index (χ4n) is 1.08. The molecule has 15 heavy (non-hydrogen) atoms. The number of hydrogen-bond acceptors (Lipinski definition) is 1. The quantitative estimate of drug-likeness (QED) is 0.682. The Morgan fingerprint density at radius 3 is 2.47 bits per heavy atom. The maximum absolute atomic E-state index is 13.7. The molecule has 0 aliphatic carbocycles. The molecule has 0 aliphatic heterocycles. The Hall–Kier alpha value is -0.700. The summed E-state index contributed by atoms with van der Waals surface area (Å²) in [4.78, 5) is 4.30. The van der Waals surface area contributed by atoms with Gasteiger partial charge in [-0.15, -0.1) is 0 Å². The highest BCUT2D eigenvalue weighted by Crippen LogP contribution is 2.21. The normalized spacial score (nSPS) is 12.4. The Morgan fingerprint density at radius 2 is 1.93 bits per heavy atom. The van der Waals surface area contributed by atoms with E-state index < -0.39 is 0 Å². The zero-order chi connectivity index (χ0) is 11.6. The Labute approximate surface area is 98.5 Å². The van der Waals surface area contributed by atoms with Crippen LogP contribution in [0.2, 0.25) is 0 Å². The first-order valence-corrected chi connectivity index (χ1v) is 5.60. The van der Waals surface area contributed by atoms with Crippen LogP contribution >= 0.6 is 15.9 Å². The molecule has 0 atom stereocenters. The van der Waals surface area contributed by atoms with Gasteiger partial charge in [0.1, 0.15) is 5.82 Å². The summed E-state index contributed by atoms with van der Waals surface area (Å²) in [6, 6.07) is 3.58. The van der Waals surface area contributed by atoms with Crippen molar-refractivity contribution in [2.75, 3.05) is 0 Å². The van der Waals surface area contributed by atoms with E-state index >= 15 is 0 Å². The highest BCUT2D eigenvalue weighted by atomic mass is 79.9. The highest BCUT2D eigenvalue weighted by Gasteiger charge is 2.10. The number of aryl methyl sites for hydroxylation is 1. The van der Waals surface area contributed by atoms with Crippen LogP contribution in [0.5, 0.6) is 0 Å². The van der Waals surface area contributed by atoms with Gasteiger partial charge in [0.15, 0.2) is 0 Å². The second-order valence-corrected chi connectivity index (χ2v) is 5.38. The third-order valence-electron chi connectivity index (χ3n) is 1.93. The fraction of sp³-hybridized carbons (Fsp3) is 0.417. The van der Waals surface area contributed by atoms with Gasteiger partial charge in [0, 0.05) is 11.8 Å². The maximum atomic E-state index is 13.7. The van der Waals surface area contributed by atoms with E-state index in [2.05, 4.69) is 20.9 Å². The van der Waals surface area contributed by atoms with Crippen LogP contribution in [0, 0.1) is 12.7 Å². The van der Waals surface area contributed by atoms with Crippen molar-refractivity contribution in [1.82, 2.24) is 0 Å². The average Bonchev–Trinajstić information content (AvgIpc) is 2.10. The minimum absolute atomic E-state index is 0.179. The third-order valence-corrected chi connectivity index (χ3v) is 2.54. The van der Waals surface area contributed by atoms with E-state index in [0.717, 1.165) is 5.56 Å².